The number of anilines is 1. The van der Waals surface area contributed by atoms with Crippen LogP contribution in [0.2, 0.25) is 0 Å². The van der Waals surface area contributed by atoms with Crippen molar-refractivity contribution >= 4 is 23.4 Å². The van der Waals surface area contributed by atoms with Crippen LogP contribution >= 0.6 is 0 Å². The maximum absolute atomic E-state index is 12.5. The lowest BCUT2D eigenvalue weighted by molar-refractivity contribution is -0.123. The lowest BCUT2D eigenvalue weighted by atomic mass is 10.2. The number of benzene rings is 2. The minimum atomic E-state index is -0.575. The molecule has 0 unspecified atom stereocenters. The fraction of sp³-hybridized carbons (Fsp3) is 0.286. The quantitative estimate of drug-likeness (QED) is 0.542. The van der Waals surface area contributed by atoms with E-state index in [1.165, 1.54) is 13.2 Å². The Hall–Kier alpha value is -3.75. The summed E-state index contributed by atoms with van der Waals surface area (Å²) in [5, 5.41) is 5.47. The monoisotopic (exact) mass is 415 g/mol. The smallest absolute Gasteiger partial charge is 0.258 e. The van der Waals surface area contributed by atoms with Crippen LogP contribution < -0.4 is 30.6 Å². The third-order valence-corrected chi connectivity index (χ3v) is 3.73. The molecule has 0 aliphatic heterocycles. The van der Waals surface area contributed by atoms with Gasteiger partial charge in [0.2, 0.25) is 0 Å². The predicted octanol–water partition coefficient (Wildman–Crippen LogP) is 1.71. The standard InChI is InChI=1S/C21H25N3O6/c1-13(2)23-20(26)12-30-17-9-4-14(10-18(17)28-3)21(27)24-15-5-7-16(8-6-15)29-11-19(22)25/h4-10,13H,11-12H2,1-3H3,(H2,22,25)(H,23,26)(H,24,27). The molecule has 0 aromatic heterocycles. The van der Waals surface area contributed by atoms with E-state index < -0.39 is 5.91 Å². The first-order chi connectivity index (χ1) is 14.3. The maximum Gasteiger partial charge on any atom is 0.258 e. The largest absolute Gasteiger partial charge is 0.493 e. The third-order valence-electron chi connectivity index (χ3n) is 3.73. The average molecular weight is 415 g/mol. The molecule has 0 aliphatic carbocycles. The van der Waals surface area contributed by atoms with Crippen LogP contribution in [-0.2, 0) is 9.59 Å². The number of hydrogen-bond donors (Lipinski definition) is 3. The van der Waals surface area contributed by atoms with Crippen molar-refractivity contribution in [1.82, 2.24) is 5.32 Å². The molecule has 0 spiro atoms. The number of rotatable bonds is 10. The van der Waals surface area contributed by atoms with E-state index >= 15 is 0 Å². The van der Waals surface area contributed by atoms with Crippen LogP contribution in [-0.4, -0.2) is 44.1 Å². The molecular weight excluding hydrogens is 390 g/mol. The van der Waals surface area contributed by atoms with Gasteiger partial charge in [-0.25, -0.2) is 0 Å². The summed E-state index contributed by atoms with van der Waals surface area (Å²) in [7, 11) is 1.45. The van der Waals surface area contributed by atoms with Crippen molar-refractivity contribution in [2.45, 2.75) is 19.9 Å². The molecule has 0 atom stereocenters. The number of primary amides is 1. The first kappa shape index (κ1) is 22.5. The van der Waals surface area contributed by atoms with Crippen LogP contribution in [0.15, 0.2) is 42.5 Å². The molecule has 2 rings (SSSR count). The summed E-state index contributed by atoms with van der Waals surface area (Å²) in [6, 6.07) is 11.2. The number of carbonyl (C=O) groups excluding carboxylic acids is 3. The van der Waals surface area contributed by atoms with Crippen LogP contribution in [0.25, 0.3) is 0 Å². The molecule has 9 heteroatoms. The van der Waals surface area contributed by atoms with Crippen LogP contribution in [0.5, 0.6) is 17.2 Å². The predicted molar refractivity (Wildman–Crippen MR) is 111 cm³/mol. The van der Waals surface area contributed by atoms with Gasteiger partial charge in [0.25, 0.3) is 17.7 Å². The fourth-order valence-electron chi connectivity index (χ4n) is 2.43. The highest BCUT2D eigenvalue weighted by molar-refractivity contribution is 6.04. The van der Waals surface area contributed by atoms with Crippen LogP contribution in [0, 0.1) is 0 Å². The minimum absolute atomic E-state index is 0.0119. The first-order valence-electron chi connectivity index (χ1n) is 9.21. The molecule has 0 radical (unpaired) electrons. The Bertz CT molecular complexity index is 896. The molecule has 3 amide bonds. The van der Waals surface area contributed by atoms with Crippen LogP contribution in [0.3, 0.4) is 0 Å². The molecule has 2 aromatic rings. The molecule has 9 nitrogen and oxygen atoms in total. The molecule has 0 aliphatic rings. The van der Waals surface area contributed by atoms with Gasteiger partial charge in [-0.1, -0.05) is 0 Å². The molecule has 30 heavy (non-hydrogen) atoms. The number of amides is 3. The average Bonchev–Trinajstić information content (AvgIpc) is 2.71. The van der Waals surface area contributed by atoms with E-state index in [-0.39, 0.29) is 31.1 Å². The summed E-state index contributed by atoms with van der Waals surface area (Å²) >= 11 is 0. The number of nitrogens with two attached hydrogens (primary N) is 1. The van der Waals surface area contributed by atoms with Gasteiger partial charge in [-0.2, -0.15) is 0 Å². The number of carbonyl (C=O) groups is 3. The normalized spacial score (nSPS) is 10.3. The Kier molecular flexibility index (Phi) is 8.04. The number of ether oxygens (including phenoxy) is 3. The summed E-state index contributed by atoms with van der Waals surface area (Å²) in [5.41, 5.74) is 5.91. The van der Waals surface area contributed by atoms with Crippen molar-refractivity contribution in [3.63, 3.8) is 0 Å². The Balaban J connectivity index is 2.00. The summed E-state index contributed by atoms with van der Waals surface area (Å²) in [5.74, 6) is -0.0507. The molecule has 0 heterocycles. The highest BCUT2D eigenvalue weighted by Crippen LogP contribution is 2.28. The van der Waals surface area contributed by atoms with Gasteiger partial charge in [0, 0.05) is 17.3 Å². The van der Waals surface area contributed by atoms with Gasteiger partial charge in [-0.3, -0.25) is 14.4 Å². The zero-order chi connectivity index (χ0) is 22.1. The summed E-state index contributed by atoms with van der Waals surface area (Å²) in [6.45, 7) is 3.32. The van der Waals surface area contributed by atoms with Gasteiger partial charge in [0.1, 0.15) is 5.75 Å². The lowest BCUT2D eigenvalue weighted by Crippen LogP contribution is -2.34. The fourth-order valence-corrected chi connectivity index (χ4v) is 2.43. The highest BCUT2D eigenvalue weighted by Gasteiger charge is 2.13. The molecule has 4 N–H and O–H groups in total. The van der Waals surface area contributed by atoms with E-state index in [1.54, 1.807) is 36.4 Å². The van der Waals surface area contributed by atoms with E-state index in [0.717, 1.165) is 0 Å². The van der Waals surface area contributed by atoms with Crippen molar-refractivity contribution in [2.75, 3.05) is 25.6 Å². The van der Waals surface area contributed by atoms with Gasteiger partial charge in [0.15, 0.2) is 24.7 Å². The summed E-state index contributed by atoms with van der Waals surface area (Å²) in [4.78, 5) is 35.0. The van der Waals surface area contributed by atoms with Crippen molar-refractivity contribution in [1.29, 1.82) is 0 Å². The Morgan fingerprint density at radius 2 is 1.67 bits per heavy atom. The number of hydrogen-bond acceptors (Lipinski definition) is 6. The second-order valence-electron chi connectivity index (χ2n) is 6.61. The molecule has 0 saturated heterocycles. The summed E-state index contributed by atoms with van der Waals surface area (Å²) in [6.07, 6.45) is 0. The number of nitrogens with one attached hydrogen (secondary N) is 2. The van der Waals surface area contributed by atoms with Crippen LogP contribution in [0.1, 0.15) is 24.2 Å². The highest BCUT2D eigenvalue weighted by atomic mass is 16.5. The molecule has 160 valence electrons. The molecule has 2 aromatic carbocycles. The van der Waals surface area contributed by atoms with E-state index in [2.05, 4.69) is 10.6 Å². The SMILES string of the molecule is COc1cc(C(=O)Nc2ccc(OCC(N)=O)cc2)ccc1OCC(=O)NC(C)C. The van der Waals surface area contributed by atoms with Gasteiger partial charge < -0.3 is 30.6 Å². The molecular formula is C21H25N3O6. The third kappa shape index (κ3) is 7.01. The van der Waals surface area contributed by atoms with E-state index in [0.29, 0.717) is 28.5 Å². The van der Waals surface area contributed by atoms with Crippen molar-refractivity contribution in [2.24, 2.45) is 5.73 Å². The lowest BCUT2D eigenvalue weighted by Gasteiger charge is -2.13. The Morgan fingerprint density at radius 1 is 0.967 bits per heavy atom. The van der Waals surface area contributed by atoms with Gasteiger partial charge in [-0.05, 0) is 56.3 Å². The molecule has 0 fully saturated rings. The van der Waals surface area contributed by atoms with Crippen molar-refractivity contribution in [3.8, 4) is 17.2 Å². The molecule has 0 bridgehead atoms. The maximum atomic E-state index is 12.5. The van der Waals surface area contributed by atoms with E-state index in [1.807, 2.05) is 13.8 Å². The van der Waals surface area contributed by atoms with Crippen molar-refractivity contribution in [3.05, 3.63) is 48.0 Å². The number of methoxy groups -OCH3 is 1. The van der Waals surface area contributed by atoms with E-state index in [4.69, 9.17) is 19.9 Å². The first-order valence-corrected chi connectivity index (χ1v) is 9.21. The zero-order valence-electron chi connectivity index (χ0n) is 17.1. The Labute approximate surface area is 174 Å². The zero-order valence-corrected chi connectivity index (χ0v) is 17.1. The topological polar surface area (TPSA) is 129 Å². The molecule has 0 saturated carbocycles. The second kappa shape index (κ2) is 10.7. The Morgan fingerprint density at radius 3 is 2.27 bits per heavy atom. The second-order valence-corrected chi connectivity index (χ2v) is 6.61. The minimum Gasteiger partial charge on any atom is -0.493 e. The van der Waals surface area contributed by atoms with Gasteiger partial charge in [0.05, 0.1) is 7.11 Å². The van der Waals surface area contributed by atoms with Crippen LogP contribution in [0.4, 0.5) is 5.69 Å². The van der Waals surface area contributed by atoms with E-state index in [9.17, 15) is 14.4 Å². The summed E-state index contributed by atoms with van der Waals surface area (Å²) < 4.78 is 15.9. The van der Waals surface area contributed by atoms with Crippen molar-refractivity contribution < 1.29 is 28.6 Å². The van der Waals surface area contributed by atoms with Gasteiger partial charge in [-0.15, -0.1) is 0 Å². The van der Waals surface area contributed by atoms with Gasteiger partial charge >= 0.3 is 0 Å².